The molecule has 6 heteroatoms. The molecule has 1 heterocycles. The Morgan fingerprint density at radius 2 is 1.79 bits per heavy atom. The highest BCUT2D eigenvalue weighted by Gasteiger charge is 2.32. The van der Waals surface area contributed by atoms with Crippen LogP contribution in [0, 0.1) is 11.8 Å². The maximum absolute atomic E-state index is 13.2. The Bertz CT molecular complexity index is 978. The molecule has 3 atom stereocenters. The van der Waals surface area contributed by atoms with E-state index < -0.39 is 11.7 Å². The number of esters is 1. The molecule has 0 unspecified atom stereocenters. The van der Waals surface area contributed by atoms with Crippen LogP contribution in [0.2, 0.25) is 0 Å². The van der Waals surface area contributed by atoms with Crippen LogP contribution in [0.15, 0.2) is 66.9 Å². The molecule has 34 heavy (non-hydrogen) atoms. The number of carbonyl (C=O) groups is 2. The number of benzene rings is 2. The summed E-state index contributed by atoms with van der Waals surface area (Å²) in [5.41, 5.74) is 1.10. The minimum absolute atomic E-state index is 0.0463. The third-order valence-corrected chi connectivity index (χ3v) is 6.00. The summed E-state index contributed by atoms with van der Waals surface area (Å²) in [4.78, 5) is 27.0. The molecule has 3 rings (SSSR count). The number of allylic oxidation sites excluding steroid dienone is 1. The fourth-order valence-electron chi connectivity index (χ4n) is 4.17. The molecule has 6 nitrogen and oxygen atoms in total. The Hall–Kier alpha value is -3.28. The van der Waals surface area contributed by atoms with Crippen molar-refractivity contribution in [1.29, 1.82) is 0 Å². The Balaban J connectivity index is 2.00. The van der Waals surface area contributed by atoms with E-state index in [1.165, 1.54) is 4.90 Å². The molecule has 0 bridgehead atoms. The molecule has 1 aliphatic rings. The number of carbonyl (C=O) groups excluding carboxylic acids is 2. The van der Waals surface area contributed by atoms with Crippen LogP contribution in [0.4, 0.5) is 10.5 Å². The topological polar surface area (TPSA) is 65.1 Å². The monoisotopic (exact) mass is 465 g/mol. The van der Waals surface area contributed by atoms with E-state index in [0.29, 0.717) is 24.5 Å². The fourth-order valence-corrected chi connectivity index (χ4v) is 4.17. The molecule has 0 aliphatic carbocycles. The zero-order valence-electron chi connectivity index (χ0n) is 20.7. The second-order valence-electron chi connectivity index (χ2n) is 9.68. The van der Waals surface area contributed by atoms with Gasteiger partial charge in [0.25, 0.3) is 0 Å². The SMILES string of the molecule is COc1ccc(N(/C=C\[C@H](c2ccccc2)[C@H]2CC(=O)OCC[C@@H]2C)C(=O)OC(C)(C)C)cc1. The van der Waals surface area contributed by atoms with Gasteiger partial charge in [-0.2, -0.15) is 0 Å². The summed E-state index contributed by atoms with van der Waals surface area (Å²) >= 11 is 0. The summed E-state index contributed by atoms with van der Waals surface area (Å²) in [6.07, 6.45) is 4.43. The van der Waals surface area contributed by atoms with Crippen LogP contribution < -0.4 is 9.64 Å². The maximum atomic E-state index is 13.2. The van der Waals surface area contributed by atoms with E-state index in [2.05, 4.69) is 19.1 Å². The van der Waals surface area contributed by atoms with E-state index in [4.69, 9.17) is 14.2 Å². The van der Waals surface area contributed by atoms with E-state index in [1.54, 1.807) is 25.4 Å². The van der Waals surface area contributed by atoms with Gasteiger partial charge in [-0.15, -0.1) is 0 Å². The van der Waals surface area contributed by atoms with Crippen molar-refractivity contribution in [2.75, 3.05) is 18.6 Å². The van der Waals surface area contributed by atoms with Crippen molar-refractivity contribution in [2.24, 2.45) is 11.8 Å². The van der Waals surface area contributed by atoms with Crippen LogP contribution in [-0.4, -0.2) is 31.4 Å². The Kier molecular flexibility index (Phi) is 8.37. The average Bonchev–Trinajstić information content (AvgIpc) is 2.96. The van der Waals surface area contributed by atoms with Crippen molar-refractivity contribution >= 4 is 17.7 Å². The van der Waals surface area contributed by atoms with Gasteiger partial charge in [-0.05, 0) is 68.9 Å². The first-order chi connectivity index (χ1) is 16.2. The molecule has 1 saturated heterocycles. The van der Waals surface area contributed by atoms with Gasteiger partial charge in [0, 0.05) is 18.5 Å². The van der Waals surface area contributed by atoms with E-state index in [0.717, 1.165) is 12.0 Å². The van der Waals surface area contributed by atoms with Crippen molar-refractivity contribution in [3.8, 4) is 5.75 Å². The van der Waals surface area contributed by atoms with Gasteiger partial charge in [0.05, 0.1) is 19.4 Å². The van der Waals surface area contributed by atoms with Gasteiger partial charge in [-0.3, -0.25) is 9.69 Å². The molecular weight excluding hydrogens is 430 g/mol. The van der Waals surface area contributed by atoms with Crippen molar-refractivity contribution in [1.82, 2.24) is 0 Å². The number of hydrogen-bond acceptors (Lipinski definition) is 5. The predicted molar refractivity (Wildman–Crippen MR) is 133 cm³/mol. The van der Waals surface area contributed by atoms with Gasteiger partial charge < -0.3 is 14.2 Å². The Morgan fingerprint density at radius 3 is 2.41 bits per heavy atom. The number of anilines is 1. The number of cyclic esters (lactones) is 1. The zero-order valence-corrected chi connectivity index (χ0v) is 20.7. The van der Waals surface area contributed by atoms with Gasteiger partial charge in [0.2, 0.25) is 0 Å². The van der Waals surface area contributed by atoms with E-state index >= 15 is 0 Å². The predicted octanol–water partition coefficient (Wildman–Crippen LogP) is 6.32. The molecule has 0 N–H and O–H groups in total. The molecule has 2 aromatic rings. The van der Waals surface area contributed by atoms with Gasteiger partial charge in [0.1, 0.15) is 11.4 Å². The highest BCUT2D eigenvalue weighted by atomic mass is 16.6. The third-order valence-electron chi connectivity index (χ3n) is 6.00. The normalized spacial score (nSPS) is 19.7. The van der Waals surface area contributed by atoms with Gasteiger partial charge in [-0.1, -0.05) is 43.3 Å². The first-order valence-corrected chi connectivity index (χ1v) is 11.7. The van der Waals surface area contributed by atoms with Crippen molar-refractivity contribution < 1.29 is 23.8 Å². The van der Waals surface area contributed by atoms with E-state index in [1.807, 2.05) is 57.2 Å². The Morgan fingerprint density at radius 1 is 1.12 bits per heavy atom. The molecular formula is C28H35NO5. The lowest BCUT2D eigenvalue weighted by Crippen LogP contribution is -2.33. The maximum Gasteiger partial charge on any atom is 0.418 e. The highest BCUT2D eigenvalue weighted by molar-refractivity contribution is 5.90. The van der Waals surface area contributed by atoms with Gasteiger partial charge in [0.15, 0.2) is 0 Å². The van der Waals surface area contributed by atoms with Crippen LogP contribution in [0.1, 0.15) is 52.0 Å². The number of rotatable bonds is 6. The quantitative estimate of drug-likeness (QED) is 0.467. The molecule has 182 valence electrons. The standard InChI is InChI=1S/C28H35NO5/c1-20-16-18-33-26(30)19-25(20)24(21-9-7-6-8-10-21)15-17-29(27(31)34-28(2,3)4)22-11-13-23(32-5)14-12-22/h6-15,17,20,24-25H,16,18-19H2,1-5H3/b17-15-/t20-,24+,25-/m0/s1. The minimum Gasteiger partial charge on any atom is -0.497 e. The molecule has 0 saturated carbocycles. The average molecular weight is 466 g/mol. The second kappa shape index (κ2) is 11.2. The fraction of sp³-hybridized carbons (Fsp3) is 0.429. The first kappa shape index (κ1) is 25.3. The summed E-state index contributed by atoms with van der Waals surface area (Å²) in [6.45, 7) is 8.12. The molecule has 1 aliphatic heterocycles. The zero-order chi connectivity index (χ0) is 24.7. The first-order valence-electron chi connectivity index (χ1n) is 11.7. The van der Waals surface area contributed by atoms with Gasteiger partial charge in [-0.25, -0.2) is 4.79 Å². The smallest absolute Gasteiger partial charge is 0.418 e. The molecule has 0 radical (unpaired) electrons. The van der Waals surface area contributed by atoms with Crippen LogP contribution >= 0.6 is 0 Å². The van der Waals surface area contributed by atoms with E-state index in [-0.39, 0.29) is 23.7 Å². The highest BCUT2D eigenvalue weighted by Crippen LogP contribution is 2.38. The summed E-state index contributed by atoms with van der Waals surface area (Å²) in [5, 5.41) is 0. The largest absolute Gasteiger partial charge is 0.497 e. The van der Waals surface area contributed by atoms with E-state index in [9.17, 15) is 9.59 Å². The molecule has 2 aromatic carbocycles. The molecule has 1 amide bonds. The molecule has 1 fully saturated rings. The van der Waals surface area contributed by atoms with Crippen molar-refractivity contribution in [3.63, 3.8) is 0 Å². The number of hydrogen-bond donors (Lipinski definition) is 0. The lowest BCUT2D eigenvalue weighted by Gasteiger charge is -2.29. The lowest BCUT2D eigenvalue weighted by molar-refractivity contribution is -0.143. The van der Waals surface area contributed by atoms with Crippen LogP contribution in [0.5, 0.6) is 5.75 Å². The number of amides is 1. The second-order valence-corrected chi connectivity index (χ2v) is 9.68. The van der Waals surface area contributed by atoms with Gasteiger partial charge >= 0.3 is 12.1 Å². The summed E-state index contributed by atoms with van der Waals surface area (Å²) < 4.78 is 16.3. The van der Waals surface area contributed by atoms with Crippen LogP contribution in [0.25, 0.3) is 0 Å². The lowest BCUT2D eigenvalue weighted by atomic mass is 9.76. The number of methoxy groups -OCH3 is 1. The minimum atomic E-state index is -0.645. The Labute approximate surface area is 202 Å². The van der Waals surface area contributed by atoms with Crippen molar-refractivity contribution in [3.05, 3.63) is 72.4 Å². The number of ether oxygens (including phenoxy) is 3. The third kappa shape index (κ3) is 6.86. The number of nitrogens with zero attached hydrogens (tertiary/aromatic N) is 1. The molecule has 0 aromatic heterocycles. The summed E-state index contributed by atoms with van der Waals surface area (Å²) in [5.74, 6) is 0.764. The molecule has 0 spiro atoms. The van der Waals surface area contributed by atoms with Crippen LogP contribution in [-0.2, 0) is 14.3 Å². The van der Waals surface area contributed by atoms with Crippen molar-refractivity contribution in [2.45, 2.75) is 52.1 Å². The summed E-state index contributed by atoms with van der Waals surface area (Å²) in [6, 6.07) is 17.3. The summed E-state index contributed by atoms with van der Waals surface area (Å²) in [7, 11) is 1.60. The van der Waals surface area contributed by atoms with Crippen LogP contribution in [0.3, 0.4) is 0 Å².